The number of nitrogen functional groups attached to an aromatic ring is 1. The SMILES string of the molecule is COc1ccc(N)c(NC(=O)C2CC(=O)N(C(C)c3ccccc3)C2)c1.Cl. The normalized spacial score (nSPS) is 17.2. The van der Waals surface area contributed by atoms with E-state index in [9.17, 15) is 9.59 Å². The van der Waals surface area contributed by atoms with Crippen molar-refractivity contribution in [3.8, 4) is 5.75 Å². The number of hydrogen-bond donors (Lipinski definition) is 2. The van der Waals surface area contributed by atoms with Crippen LogP contribution in [0.25, 0.3) is 0 Å². The van der Waals surface area contributed by atoms with Crippen molar-refractivity contribution in [2.75, 3.05) is 24.7 Å². The fourth-order valence-electron chi connectivity index (χ4n) is 3.20. The minimum atomic E-state index is -0.403. The summed E-state index contributed by atoms with van der Waals surface area (Å²) in [4.78, 5) is 26.8. The molecule has 0 aliphatic carbocycles. The van der Waals surface area contributed by atoms with Crippen LogP contribution in [-0.4, -0.2) is 30.4 Å². The van der Waals surface area contributed by atoms with E-state index in [1.807, 2.05) is 37.3 Å². The van der Waals surface area contributed by atoms with E-state index in [2.05, 4.69) is 5.32 Å². The van der Waals surface area contributed by atoms with Crippen LogP contribution in [0.3, 0.4) is 0 Å². The summed E-state index contributed by atoms with van der Waals surface area (Å²) in [7, 11) is 1.55. The van der Waals surface area contributed by atoms with Crippen LogP contribution < -0.4 is 15.8 Å². The van der Waals surface area contributed by atoms with Gasteiger partial charge in [-0.25, -0.2) is 0 Å². The minimum absolute atomic E-state index is 0. The molecule has 6 nitrogen and oxygen atoms in total. The molecule has 27 heavy (non-hydrogen) atoms. The zero-order valence-electron chi connectivity index (χ0n) is 15.3. The second-order valence-corrected chi connectivity index (χ2v) is 6.48. The van der Waals surface area contributed by atoms with Crippen molar-refractivity contribution in [1.82, 2.24) is 4.90 Å². The summed E-state index contributed by atoms with van der Waals surface area (Å²) in [6.45, 7) is 2.37. The monoisotopic (exact) mass is 389 g/mol. The second-order valence-electron chi connectivity index (χ2n) is 6.48. The Hall–Kier alpha value is -2.73. The maximum atomic E-state index is 12.6. The van der Waals surface area contributed by atoms with Crippen molar-refractivity contribution in [2.45, 2.75) is 19.4 Å². The van der Waals surface area contributed by atoms with E-state index in [4.69, 9.17) is 10.5 Å². The molecule has 2 amide bonds. The average Bonchev–Trinajstić information content (AvgIpc) is 3.05. The van der Waals surface area contributed by atoms with Gasteiger partial charge in [-0.1, -0.05) is 30.3 Å². The molecule has 2 aromatic carbocycles. The number of nitrogens with zero attached hydrogens (tertiary/aromatic N) is 1. The number of carbonyl (C=O) groups is 2. The molecule has 3 rings (SSSR count). The number of carbonyl (C=O) groups excluding carboxylic acids is 2. The van der Waals surface area contributed by atoms with E-state index in [0.717, 1.165) is 5.56 Å². The molecule has 0 saturated carbocycles. The molecule has 0 radical (unpaired) electrons. The smallest absolute Gasteiger partial charge is 0.229 e. The molecule has 2 atom stereocenters. The molecular weight excluding hydrogens is 366 g/mol. The molecule has 0 spiro atoms. The zero-order valence-corrected chi connectivity index (χ0v) is 16.2. The zero-order chi connectivity index (χ0) is 18.7. The molecule has 144 valence electrons. The Balaban J connectivity index is 0.00000261. The van der Waals surface area contributed by atoms with Gasteiger partial charge in [-0.3, -0.25) is 9.59 Å². The van der Waals surface area contributed by atoms with Crippen molar-refractivity contribution >= 4 is 35.6 Å². The largest absolute Gasteiger partial charge is 0.497 e. The Morgan fingerprint density at radius 3 is 2.63 bits per heavy atom. The van der Waals surface area contributed by atoms with Crippen LogP contribution in [0.15, 0.2) is 48.5 Å². The van der Waals surface area contributed by atoms with Crippen molar-refractivity contribution in [3.05, 3.63) is 54.1 Å². The molecule has 0 bridgehead atoms. The van der Waals surface area contributed by atoms with Gasteiger partial charge in [-0.05, 0) is 24.6 Å². The minimum Gasteiger partial charge on any atom is -0.497 e. The van der Waals surface area contributed by atoms with Gasteiger partial charge < -0.3 is 20.7 Å². The van der Waals surface area contributed by atoms with Crippen LogP contribution in [0, 0.1) is 5.92 Å². The highest BCUT2D eigenvalue weighted by Crippen LogP contribution is 2.30. The third-order valence-electron chi connectivity index (χ3n) is 4.80. The van der Waals surface area contributed by atoms with Gasteiger partial charge >= 0.3 is 0 Å². The van der Waals surface area contributed by atoms with Crippen molar-refractivity contribution in [3.63, 3.8) is 0 Å². The topological polar surface area (TPSA) is 84.7 Å². The van der Waals surface area contributed by atoms with Crippen LogP contribution in [0.2, 0.25) is 0 Å². The van der Waals surface area contributed by atoms with Crippen LogP contribution in [-0.2, 0) is 9.59 Å². The number of hydrogen-bond acceptors (Lipinski definition) is 4. The van der Waals surface area contributed by atoms with Gasteiger partial charge in [0.2, 0.25) is 11.8 Å². The molecular formula is C20H24ClN3O3. The van der Waals surface area contributed by atoms with E-state index in [0.29, 0.717) is 23.7 Å². The molecule has 1 aliphatic heterocycles. The second kappa shape index (κ2) is 8.77. The van der Waals surface area contributed by atoms with Gasteiger partial charge in [0, 0.05) is 19.0 Å². The number of halogens is 1. The predicted molar refractivity (Wildman–Crippen MR) is 108 cm³/mol. The fraction of sp³-hybridized carbons (Fsp3) is 0.300. The molecule has 2 aromatic rings. The van der Waals surface area contributed by atoms with Crippen molar-refractivity contribution in [1.29, 1.82) is 0 Å². The van der Waals surface area contributed by atoms with E-state index in [-0.39, 0.29) is 36.7 Å². The summed E-state index contributed by atoms with van der Waals surface area (Å²) in [5.41, 5.74) is 7.93. The number of methoxy groups -OCH3 is 1. The first-order valence-corrected chi connectivity index (χ1v) is 8.58. The summed E-state index contributed by atoms with van der Waals surface area (Å²) < 4.78 is 5.16. The molecule has 1 aliphatic rings. The summed E-state index contributed by atoms with van der Waals surface area (Å²) in [6.07, 6.45) is 0.201. The first-order chi connectivity index (χ1) is 12.5. The number of nitrogens with two attached hydrogens (primary N) is 1. The predicted octanol–water partition coefficient (Wildman–Crippen LogP) is 3.25. The molecule has 2 unspecified atom stereocenters. The molecule has 1 fully saturated rings. The number of rotatable bonds is 5. The molecule has 1 saturated heterocycles. The number of likely N-dealkylation sites (tertiary alicyclic amines) is 1. The van der Waals surface area contributed by atoms with Crippen molar-refractivity contribution in [2.24, 2.45) is 5.92 Å². The Morgan fingerprint density at radius 2 is 1.96 bits per heavy atom. The highest BCUT2D eigenvalue weighted by Gasteiger charge is 2.37. The van der Waals surface area contributed by atoms with E-state index >= 15 is 0 Å². The van der Waals surface area contributed by atoms with Crippen LogP contribution in [0.4, 0.5) is 11.4 Å². The van der Waals surface area contributed by atoms with E-state index < -0.39 is 5.92 Å². The number of anilines is 2. The Bertz CT molecular complexity index is 813. The lowest BCUT2D eigenvalue weighted by Crippen LogP contribution is -2.30. The van der Waals surface area contributed by atoms with Gasteiger partial charge in [0.15, 0.2) is 0 Å². The van der Waals surface area contributed by atoms with Gasteiger partial charge in [0.1, 0.15) is 5.75 Å². The molecule has 3 N–H and O–H groups in total. The number of benzene rings is 2. The average molecular weight is 390 g/mol. The highest BCUT2D eigenvalue weighted by atomic mass is 35.5. The fourth-order valence-corrected chi connectivity index (χ4v) is 3.20. The third-order valence-corrected chi connectivity index (χ3v) is 4.80. The van der Waals surface area contributed by atoms with Gasteiger partial charge in [-0.15, -0.1) is 12.4 Å². The van der Waals surface area contributed by atoms with Crippen molar-refractivity contribution < 1.29 is 14.3 Å². The maximum Gasteiger partial charge on any atom is 0.229 e. The standard InChI is InChI=1S/C20H23N3O3.ClH/c1-13(14-6-4-3-5-7-14)23-12-15(10-19(23)24)20(25)22-18-11-16(26-2)8-9-17(18)21;/h3-9,11,13,15H,10,12,21H2,1-2H3,(H,22,25);1H. The van der Waals surface area contributed by atoms with E-state index in [1.165, 1.54) is 0 Å². The molecule has 1 heterocycles. The lowest BCUT2D eigenvalue weighted by Gasteiger charge is -2.25. The number of amides is 2. The summed E-state index contributed by atoms with van der Waals surface area (Å²) in [6, 6.07) is 14.8. The van der Waals surface area contributed by atoms with E-state index in [1.54, 1.807) is 30.2 Å². The maximum absolute atomic E-state index is 12.6. The third kappa shape index (κ3) is 4.52. The van der Waals surface area contributed by atoms with Gasteiger partial charge in [-0.2, -0.15) is 0 Å². The lowest BCUT2D eigenvalue weighted by atomic mass is 10.1. The van der Waals surface area contributed by atoms with Crippen LogP contribution in [0.5, 0.6) is 5.75 Å². The quantitative estimate of drug-likeness (QED) is 0.769. The Labute approximate surface area is 165 Å². The Kier molecular flexibility index (Phi) is 6.69. The molecule has 7 heteroatoms. The Morgan fingerprint density at radius 1 is 1.26 bits per heavy atom. The lowest BCUT2D eigenvalue weighted by molar-refractivity contribution is -0.129. The number of ether oxygens (including phenoxy) is 1. The summed E-state index contributed by atoms with van der Waals surface area (Å²) >= 11 is 0. The van der Waals surface area contributed by atoms with Crippen LogP contribution in [0.1, 0.15) is 24.9 Å². The first kappa shape index (κ1) is 20.6. The molecule has 0 aromatic heterocycles. The van der Waals surface area contributed by atoms with Crippen LogP contribution >= 0.6 is 12.4 Å². The van der Waals surface area contributed by atoms with Gasteiger partial charge in [0.25, 0.3) is 0 Å². The highest BCUT2D eigenvalue weighted by molar-refractivity contribution is 5.99. The first-order valence-electron chi connectivity index (χ1n) is 8.58. The summed E-state index contributed by atoms with van der Waals surface area (Å²) in [5.74, 6) is -0.0169. The summed E-state index contributed by atoms with van der Waals surface area (Å²) in [5, 5.41) is 2.82. The van der Waals surface area contributed by atoms with Gasteiger partial charge in [0.05, 0.1) is 30.4 Å². The number of nitrogens with one attached hydrogen (secondary N) is 1.